The lowest BCUT2D eigenvalue weighted by atomic mass is 10.1. The number of halogens is 1. The molecule has 2 unspecified atom stereocenters. The summed E-state index contributed by atoms with van der Waals surface area (Å²) in [7, 11) is 0. The number of hydrogen-bond acceptors (Lipinski definition) is 2. The summed E-state index contributed by atoms with van der Waals surface area (Å²) >= 11 is 0. The molecular weight excluding hydrogens is 307 g/mol. The van der Waals surface area contributed by atoms with Crippen molar-refractivity contribution in [2.75, 3.05) is 10.6 Å². The summed E-state index contributed by atoms with van der Waals surface area (Å²) in [6, 6.07) is 11.4. The quantitative estimate of drug-likeness (QED) is 0.901. The molecule has 0 spiro atoms. The minimum absolute atomic E-state index is 0.133. The van der Waals surface area contributed by atoms with Crippen molar-refractivity contribution in [3.05, 3.63) is 59.4 Å². The van der Waals surface area contributed by atoms with Crippen LogP contribution in [0.2, 0.25) is 0 Å². The second-order valence-electron chi connectivity index (χ2n) is 6.20. The highest BCUT2D eigenvalue weighted by Gasteiger charge is 2.48. The summed E-state index contributed by atoms with van der Waals surface area (Å²) in [4.78, 5) is 24.5. The predicted octanol–water partition coefficient (Wildman–Crippen LogP) is 3.66. The maximum atomic E-state index is 12.9. The number of benzene rings is 2. The molecular formula is C19H19FN2O2. The molecule has 0 heterocycles. The number of para-hydroxylation sites is 1. The van der Waals surface area contributed by atoms with Crippen molar-refractivity contribution in [3.8, 4) is 0 Å². The number of carbonyl (C=O) groups is 2. The lowest BCUT2D eigenvalue weighted by Crippen LogP contribution is -2.21. The number of amides is 2. The van der Waals surface area contributed by atoms with Crippen LogP contribution in [0.5, 0.6) is 0 Å². The van der Waals surface area contributed by atoms with Gasteiger partial charge in [-0.2, -0.15) is 0 Å². The summed E-state index contributed by atoms with van der Waals surface area (Å²) in [5.74, 6) is -1.34. The standard InChI is InChI=1S/C19H19FN2O2/c1-11-4-3-5-12(2)17(11)22-19(24)16-10-15(16)18(23)21-14-8-6-13(20)7-9-14/h3-9,15-16H,10H2,1-2H3,(H,21,23)(H,22,24). The summed E-state index contributed by atoms with van der Waals surface area (Å²) in [5.41, 5.74) is 3.34. The number of aryl methyl sites for hydroxylation is 2. The molecule has 2 aromatic rings. The van der Waals surface area contributed by atoms with Gasteiger partial charge >= 0.3 is 0 Å². The zero-order valence-corrected chi connectivity index (χ0v) is 13.6. The fraction of sp³-hybridized carbons (Fsp3) is 0.263. The van der Waals surface area contributed by atoms with E-state index in [9.17, 15) is 14.0 Å². The molecule has 1 aliphatic rings. The maximum absolute atomic E-state index is 12.9. The number of rotatable bonds is 4. The number of anilines is 2. The molecule has 0 bridgehead atoms. The Balaban J connectivity index is 1.59. The van der Waals surface area contributed by atoms with E-state index in [1.165, 1.54) is 24.3 Å². The van der Waals surface area contributed by atoms with Crippen molar-refractivity contribution in [3.63, 3.8) is 0 Å². The van der Waals surface area contributed by atoms with Crippen LogP contribution >= 0.6 is 0 Å². The minimum atomic E-state index is -0.356. The van der Waals surface area contributed by atoms with Gasteiger partial charge in [0.05, 0.1) is 11.8 Å². The Kier molecular flexibility index (Phi) is 4.34. The van der Waals surface area contributed by atoms with Gasteiger partial charge in [0.1, 0.15) is 5.82 Å². The van der Waals surface area contributed by atoms with Gasteiger partial charge in [-0.1, -0.05) is 18.2 Å². The zero-order valence-electron chi connectivity index (χ0n) is 13.6. The van der Waals surface area contributed by atoms with Crippen LogP contribution in [-0.2, 0) is 9.59 Å². The van der Waals surface area contributed by atoms with Crippen molar-refractivity contribution in [2.24, 2.45) is 11.8 Å². The third-order valence-corrected chi connectivity index (χ3v) is 4.31. The van der Waals surface area contributed by atoms with Crippen LogP contribution in [0, 0.1) is 31.5 Å². The van der Waals surface area contributed by atoms with Crippen LogP contribution in [0.3, 0.4) is 0 Å². The van der Waals surface area contributed by atoms with Crippen LogP contribution in [0.15, 0.2) is 42.5 Å². The van der Waals surface area contributed by atoms with Gasteiger partial charge in [-0.15, -0.1) is 0 Å². The highest BCUT2D eigenvalue weighted by molar-refractivity contribution is 6.03. The van der Waals surface area contributed by atoms with Crippen molar-refractivity contribution in [2.45, 2.75) is 20.3 Å². The average molecular weight is 326 g/mol. The lowest BCUT2D eigenvalue weighted by Gasteiger charge is -2.11. The first-order valence-electron chi connectivity index (χ1n) is 7.89. The highest BCUT2D eigenvalue weighted by atomic mass is 19.1. The van der Waals surface area contributed by atoms with E-state index >= 15 is 0 Å². The molecule has 0 saturated heterocycles. The molecule has 1 aliphatic carbocycles. The van der Waals surface area contributed by atoms with Crippen LogP contribution in [0.25, 0.3) is 0 Å². The van der Waals surface area contributed by atoms with Gasteiger partial charge in [-0.05, 0) is 55.7 Å². The third kappa shape index (κ3) is 3.45. The van der Waals surface area contributed by atoms with E-state index in [0.717, 1.165) is 16.8 Å². The van der Waals surface area contributed by atoms with Gasteiger partial charge in [-0.25, -0.2) is 4.39 Å². The molecule has 2 amide bonds. The van der Waals surface area contributed by atoms with E-state index in [1.54, 1.807) is 0 Å². The summed E-state index contributed by atoms with van der Waals surface area (Å²) in [5, 5.41) is 5.65. The Morgan fingerprint density at radius 2 is 1.46 bits per heavy atom. The Labute approximate surface area is 140 Å². The van der Waals surface area contributed by atoms with Crippen molar-refractivity contribution in [1.29, 1.82) is 0 Å². The Hall–Kier alpha value is -2.69. The minimum Gasteiger partial charge on any atom is -0.326 e. The van der Waals surface area contributed by atoms with Gasteiger partial charge in [0, 0.05) is 11.4 Å². The van der Waals surface area contributed by atoms with E-state index in [4.69, 9.17) is 0 Å². The fourth-order valence-electron chi connectivity index (χ4n) is 2.77. The van der Waals surface area contributed by atoms with E-state index in [-0.39, 0.29) is 29.5 Å². The molecule has 2 atom stereocenters. The highest BCUT2D eigenvalue weighted by Crippen LogP contribution is 2.40. The second kappa shape index (κ2) is 6.43. The van der Waals surface area contributed by atoms with Gasteiger partial charge in [0.2, 0.25) is 11.8 Å². The fourth-order valence-corrected chi connectivity index (χ4v) is 2.77. The first-order chi connectivity index (χ1) is 11.5. The monoisotopic (exact) mass is 326 g/mol. The van der Waals surface area contributed by atoms with Crippen molar-refractivity contribution in [1.82, 2.24) is 0 Å². The molecule has 124 valence electrons. The van der Waals surface area contributed by atoms with Gasteiger partial charge in [-0.3, -0.25) is 9.59 Å². The normalized spacial score (nSPS) is 18.8. The van der Waals surface area contributed by atoms with Crippen molar-refractivity contribution >= 4 is 23.2 Å². The molecule has 24 heavy (non-hydrogen) atoms. The zero-order chi connectivity index (χ0) is 17.3. The van der Waals surface area contributed by atoms with Crippen LogP contribution in [0.1, 0.15) is 17.5 Å². The molecule has 0 radical (unpaired) electrons. The average Bonchev–Trinajstić information content (AvgIpc) is 3.34. The summed E-state index contributed by atoms with van der Waals surface area (Å²) in [6.45, 7) is 3.88. The van der Waals surface area contributed by atoms with E-state index in [2.05, 4.69) is 10.6 Å². The first-order valence-corrected chi connectivity index (χ1v) is 7.89. The Morgan fingerprint density at radius 3 is 2.04 bits per heavy atom. The van der Waals surface area contributed by atoms with E-state index < -0.39 is 0 Å². The molecule has 0 aromatic heterocycles. The van der Waals surface area contributed by atoms with E-state index in [0.29, 0.717) is 12.1 Å². The molecule has 2 aromatic carbocycles. The second-order valence-corrected chi connectivity index (χ2v) is 6.20. The number of carbonyl (C=O) groups excluding carboxylic acids is 2. The van der Waals surface area contributed by atoms with Gasteiger partial charge in [0.25, 0.3) is 0 Å². The number of hydrogen-bond donors (Lipinski definition) is 2. The Morgan fingerprint density at radius 1 is 0.917 bits per heavy atom. The molecule has 5 heteroatoms. The maximum Gasteiger partial charge on any atom is 0.228 e. The number of nitrogens with one attached hydrogen (secondary N) is 2. The van der Waals surface area contributed by atoms with Crippen LogP contribution < -0.4 is 10.6 Å². The molecule has 1 fully saturated rings. The first kappa shape index (κ1) is 16.2. The predicted molar refractivity (Wildman–Crippen MR) is 91.2 cm³/mol. The molecule has 3 rings (SSSR count). The topological polar surface area (TPSA) is 58.2 Å². The van der Waals surface area contributed by atoms with Crippen molar-refractivity contribution < 1.29 is 14.0 Å². The third-order valence-electron chi connectivity index (χ3n) is 4.31. The lowest BCUT2D eigenvalue weighted by molar-refractivity contribution is -0.122. The molecule has 0 aliphatic heterocycles. The largest absolute Gasteiger partial charge is 0.326 e. The smallest absolute Gasteiger partial charge is 0.228 e. The molecule has 2 N–H and O–H groups in total. The summed E-state index contributed by atoms with van der Waals surface area (Å²) < 4.78 is 12.9. The van der Waals surface area contributed by atoms with E-state index in [1.807, 2.05) is 32.0 Å². The SMILES string of the molecule is Cc1cccc(C)c1NC(=O)C1CC1C(=O)Nc1ccc(F)cc1. The van der Waals surface area contributed by atoms with Gasteiger partial charge < -0.3 is 10.6 Å². The van der Waals surface area contributed by atoms with Crippen LogP contribution in [0.4, 0.5) is 15.8 Å². The molecule has 1 saturated carbocycles. The van der Waals surface area contributed by atoms with Gasteiger partial charge in [0.15, 0.2) is 0 Å². The summed E-state index contributed by atoms with van der Waals surface area (Å²) in [6.07, 6.45) is 0.532. The van der Waals surface area contributed by atoms with Crippen LogP contribution in [-0.4, -0.2) is 11.8 Å². The Bertz CT molecular complexity index is 766. The molecule has 4 nitrogen and oxygen atoms in total.